The van der Waals surface area contributed by atoms with Crippen molar-refractivity contribution < 1.29 is 4.57 Å². The molecule has 1 aliphatic heterocycles. The number of allylic oxidation sites excluding steroid dienone is 2. The summed E-state index contributed by atoms with van der Waals surface area (Å²) in [5.41, 5.74) is 0.0428. The molecule has 1 atom stereocenters. The molecular formula is C7H8NOPSe. The van der Waals surface area contributed by atoms with Crippen LogP contribution < -0.4 is 0 Å². The van der Waals surface area contributed by atoms with E-state index in [1.54, 1.807) is 6.20 Å². The first kappa shape index (κ1) is 8.73. The van der Waals surface area contributed by atoms with Crippen LogP contribution in [-0.2, 0) is 4.57 Å². The van der Waals surface area contributed by atoms with Gasteiger partial charge in [0.05, 0.1) is 0 Å². The van der Waals surface area contributed by atoms with Gasteiger partial charge < -0.3 is 0 Å². The van der Waals surface area contributed by atoms with Gasteiger partial charge in [0.1, 0.15) is 0 Å². The molecule has 0 saturated heterocycles. The van der Waals surface area contributed by atoms with Gasteiger partial charge in [0.2, 0.25) is 0 Å². The summed E-state index contributed by atoms with van der Waals surface area (Å²) in [7, 11) is 0. The number of rotatable bonds is 2. The van der Waals surface area contributed by atoms with Gasteiger partial charge in [0.25, 0.3) is 0 Å². The Morgan fingerprint density at radius 3 is 2.45 bits per heavy atom. The summed E-state index contributed by atoms with van der Waals surface area (Å²) >= 11 is 2.60. The fourth-order valence-corrected chi connectivity index (χ4v) is 2.07. The zero-order chi connectivity index (χ0) is 8.27. The van der Waals surface area contributed by atoms with E-state index >= 15 is 0 Å². The van der Waals surface area contributed by atoms with Crippen molar-refractivity contribution in [3.05, 3.63) is 37.3 Å². The predicted octanol–water partition coefficient (Wildman–Crippen LogP) is 1.75. The minimum atomic E-state index is -1.25. The molecule has 0 saturated carbocycles. The topological polar surface area (TPSA) is 20.3 Å². The van der Waals surface area contributed by atoms with E-state index in [1.165, 1.54) is 0 Å². The van der Waals surface area contributed by atoms with Crippen LogP contribution >= 0.6 is 6.05 Å². The second-order valence-electron chi connectivity index (χ2n) is 2.09. The van der Waals surface area contributed by atoms with Gasteiger partial charge in [-0.3, -0.25) is 0 Å². The van der Waals surface area contributed by atoms with Crippen molar-refractivity contribution in [1.82, 2.24) is 4.90 Å². The van der Waals surface area contributed by atoms with Crippen molar-refractivity contribution >= 4 is 21.1 Å². The van der Waals surface area contributed by atoms with Gasteiger partial charge in [-0.2, -0.15) is 0 Å². The van der Waals surface area contributed by atoms with Crippen molar-refractivity contribution in [1.29, 1.82) is 0 Å². The maximum absolute atomic E-state index is 10.9. The van der Waals surface area contributed by atoms with E-state index in [9.17, 15) is 4.57 Å². The Hall–Kier alpha value is -0.361. The molecule has 0 amide bonds. The van der Waals surface area contributed by atoms with Crippen molar-refractivity contribution in [3.63, 3.8) is 0 Å². The molecule has 0 spiro atoms. The summed E-state index contributed by atoms with van der Waals surface area (Å²) in [5.74, 6) is 0. The number of hydrogen-bond acceptors (Lipinski definition) is 2. The summed E-state index contributed by atoms with van der Waals surface area (Å²) in [4.78, 5) is 1.81. The van der Waals surface area contributed by atoms with Crippen molar-refractivity contribution in [2.24, 2.45) is 0 Å². The Kier molecular flexibility index (Phi) is 3.07. The summed E-state index contributed by atoms with van der Waals surface area (Å²) < 4.78 is 10.9. The summed E-state index contributed by atoms with van der Waals surface area (Å²) in [5, 5.41) is 0. The molecule has 0 radical (unpaired) electrons. The van der Waals surface area contributed by atoms with Gasteiger partial charge in [-0.05, 0) is 0 Å². The normalized spacial score (nSPS) is 18.5. The van der Waals surface area contributed by atoms with Gasteiger partial charge in [-0.15, -0.1) is 0 Å². The molecule has 0 aromatic heterocycles. The van der Waals surface area contributed by atoms with E-state index in [0.29, 0.717) is 0 Å². The van der Waals surface area contributed by atoms with Gasteiger partial charge in [-0.1, -0.05) is 0 Å². The molecule has 2 nitrogen and oxygen atoms in total. The molecule has 0 fully saturated rings. The zero-order valence-corrected chi connectivity index (χ0v) is 8.49. The molecule has 0 N–H and O–H groups in total. The van der Waals surface area contributed by atoms with Crippen LogP contribution in [0.15, 0.2) is 37.3 Å². The molecule has 11 heavy (non-hydrogen) atoms. The zero-order valence-electron chi connectivity index (χ0n) is 5.88. The first-order valence-electron chi connectivity index (χ1n) is 3.14. The number of hydrogen-bond donors (Lipinski definition) is 0. The molecular weight excluding hydrogens is 224 g/mol. The Balaban J connectivity index is 2.71. The molecule has 1 heterocycles. The molecule has 1 aliphatic rings. The predicted molar refractivity (Wildman–Crippen MR) is 47.5 cm³/mol. The van der Waals surface area contributed by atoms with Crippen molar-refractivity contribution in [3.8, 4) is 0 Å². The SMILES string of the molecule is C=CN1C=CC(P(=O)=[Se])C=C1. The molecule has 0 aromatic rings. The first-order chi connectivity index (χ1) is 5.24. The van der Waals surface area contributed by atoms with Gasteiger partial charge in [-0.25, -0.2) is 0 Å². The van der Waals surface area contributed by atoms with Gasteiger partial charge >= 0.3 is 73.6 Å². The van der Waals surface area contributed by atoms with Crippen LogP contribution in [0.5, 0.6) is 0 Å². The molecule has 4 heteroatoms. The van der Waals surface area contributed by atoms with Crippen LogP contribution in [-0.4, -0.2) is 25.7 Å². The van der Waals surface area contributed by atoms with Crippen LogP contribution in [0.2, 0.25) is 0 Å². The quantitative estimate of drug-likeness (QED) is 0.534. The van der Waals surface area contributed by atoms with E-state index in [2.05, 4.69) is 21.7 Å². The van der Waals surface area contributed by atoms with E-state index < -0.39 is 6.05 Å². The molecule has 0 bridgehead atoms. The molecule has 0 aromatic carbocycles. The van der Waals surface area contributed by atoms with Crippen molar-refractivity contribution in [2.75, 3.05) is 0 Å². The Morgan fingerprint density at radius 2 is 2.09 bits per heavy atom. The van der Waals surface area contributed by atoms with E-state index in [0.717, 1.165) is 0 Å². The third-order valence-corrected chi connectivity index (χ3v) is 3.73. The van der Waals surface area contributed by atoms with Crippen LogP contribution in [0.1, 0.15) is 0 Å². The minimum absolute atomic E-state index is 0.0428. The standard InChI is InChI=1S/C7H8NOPSe/c1-2-8-5-3-7(4-6-8)10(9)11/h2-7H,1H2. The molecule has 1 rings (SSSR count). The summed E-state index contributed by atoms with van der Waals surface area (Å²) in [6.07, 6.45) is 9.16. The second-order valence-corrected chi connectivity index (χ2v) is 5.52. The fraction of sp³-hybridized carbons (Fsp3) is 0.143. The Labute approximate surface area is 73.9 Å². The fourth-order valence-electron chi connectivity index (χ4n) is 0.751. The monoisotopic (exact) mass is 233 g/mol. The van der Waals surface area contributed by atoms with Gasteiger partial charge in [0, 0.05) is 0 Å². The van der Waals surface area contributed by atoms with Gasteiger partial charge in [0.15, 0.2) is 0 Å². The third-order valence-electron chi connectivity index (χ3n) is 1.37. The summed E-state index contributed by atoms with van der Waals surface area (Å²) in [6.45, 7) is 3.60. The second kappa shape index (κ2) is 3.87. The van der Waals surface area contributed by atoms with Crippen LogP contribution in [0.4, 0.5) is 0 Å². The van der Waals surface area contributed by atoms with Crippen molar-refractivity contribution in [2.45, 2.75) is 5.66 Å². The average molecular weight is 232 g/mol. The van der Waals surface area contributed by atoms with Crippen LogP contribution in [0.25, 0.3) is 0 Å². The summed E-state index contributed by atoms with van der Waals surface area (Å²) in [6, 6.07) is -1.25. The average Bonchev–Trinajstić information content (AvgIpc) is 2.05. The first-order valence-corrected chi connectivity index (χ1v) is 6.68. The number of nitrogens with zero attached hydrogens (tertiary/aromatic N) is 1. The molecule has 0 aliphatic carbocycles. The maximum atomic E-state index is 10.9. The molecule has 1 unspecified atom stereocenters. The third kappa shape index (κ3) is 2.30. The molecule has 58 valence electrons. The van der Waals surface area contributed by atoms with E-state index in [-0.39, 0.29) is 5.66 Å². The van der Waals surface area contributed by atoms with E-state index in [4.69, 9.17) is 0 Å². The Bertz CT molecular complexity index is 258. The Morgan fingerprint density at radius 1 is 1.55 bits per heavy atom. The van der Waals surface area contributed by atoms with E-state index in [1.807, 2.05) is 29.5 Å². The van der Waals surface area contributed by atoms with Crippen LogP contribution in [0.3, 0.4) is 0 Å². The van der Waals surface area contributed by atoms with Crippen LogP contribution in [0, 0.1) is 0 Å².